The van der Waals surface area contributed by atoms with E-state index in [-0.39, 0.29) is 0 Å². The number of aryl methyl sites for hydroxylation is 1. The van der Waals surface area contributed by atoms with Gasteiger partial charge in [0.25, 0.3) is 0 Å². The highest BCUT2D eigenvalue weighted by atomic mass is 15.1. The van der Waals surface area contributed by atoms with Gasteiger partial charge in [0.15, 0.2) is 0 Å². The monoisotopic (exact) mass is 249 g/mol. The van der Waals surface area contributed by atoms with Gasteiger partial charge in [0.05, 0.1) is 0 Å². The summed E-state index contributed by atoms with van der Waals surface area (Å²) in [5.41, 5.74) is 9.76. The molecule has 0 saturated heterocycles. The van der Waals surface area contributed by atoms with Crippen LogP contribution in [0.1, 0.15) is 24.5 Å². The number of para-hydroxylation sites is 1. The zero-order chi connectivity index (χ0) is 13.5. The molecular weight excluding hydrogens is 222 g/mol. The Labute approximate surface area is 112 Å². The summed E-state index contributed by atoms with van der Waals surface area (Å²) in [7, 11) is 4.24. The Morgan fingerprint density at radius 1 is 1.17 bits per heavy atom. The lowest BCUT2D eigenvalue weighted by Gasteiger charge is -2.28. The summed E-state index contributed by atoms with van der Waals surface area (Å²) in [5.74, 6) is 0. The molecule has 2 N–H and O–H groups in total. The van der Waals surface area contributed by atoms with Crippen molar-refractivity contribution in [2.75, 3.05) is 38.6 Å². The molecule has 0 spiro atoms. The first kappa shape index (κ1) is 15.0. The Kier molecular flexibility index (Phi) is 6.16. The van der Waals surface area contributed by atoms with Crippen molar-refractivity contribution in [2.45, 2.75) is 26.8 Å². The first-order chi connectivity index (χ1) is 8.60. The maximum Gasteiger partial charge on any atom is 0.0441 e. The normalized spacial score (nSPS) is 11.0. The number of benzene rings is 1. The molecule has 1 rings (SSSR count). The van der Waals surface area contributed by atoms with E-state index in [2.05, 4.69) is 55.9 Å². The Morgan fingerprint density at radius 2 is 1.89 bits per heavy atom. The molecule has 0 aliphatic carbocycles. The van der Waals surface area contributed by atoms with Gasteiger partial charge in [-0.1, -0.05) is 18.2 Å². The second-order valence-corrected chi connectivity index (χ2v) is 5.02. The summed E-state index contributed by atoms with van der Waals surface area (Å²) in [4.78, 5) is 4.68. The van der Waals surface area contributed by atoms with Crippen LogP contribution in [0.15, 0.2) is 18.2 Å². The largest absolute Gasteiger partial charge is 0.371 e. The van der Waals surface area contributed by atoms with Crippen molar-refractivity contribution in [1.29, 1.82) is 0 Å². The highest BCUT2D eigenvalue weighted by Crippen LogP contribution is 2.25. The summed E-state index contributed by atoms with van der Waals surface area (Å²) in [6.45, 7) is 8.24. The first-order valence-electron chi connectivity index (χ1n) is 6.78. The number of rotatable bonds is 7. The molecule has 0 amide bonds. The molecule has 0 bridgehead atoms. The zero-order valence-electron chi connectivity index (χ0n) is 12.2. The molecule has 0 aliphatic rings. The molecule has 1 aromatic rings. The predicted molar refractivity (Wildman–Crippen MR) is 80.1 cm³/mol. The number of hydrogen-bond donors (Lipinski definition) is 1. The SMILES string of the molecule is CCN(CCCN(C)C)c1c(C)cccc1CN. The second kappa shape index (κ2) is 7.39. The lowest BCUT2D eigenvalue weighted by atomic mass is 10.1. The van der Waals surface area contributed by atoms with E-state index >= 15 is 0 Å². The third-order valence-electron chi connectivity index (χ3n) is 3.27. The van der Waals surface area contributed by atoms with Crippen molar-refractivity contribution in [3.63, 3.8) is 0 Å². The Balaban J connectivity index is 2.81. The number of hydrogen-bond acceptors (Lipinski definition) is 3. The molecule has 0 aliphatic heterocycles. The van der Waals surface area contributed by atoms with Crippen molar-refractivity contribution in [2.24, 2.45) is 5.73 Å². The third-order valence-corrected chi connectivity index (χ3v) is 3.27. The molecular formula is C15H27N3. The van der Waals surface area contributed by atoms with Gasteiger partial charge in [0, 0.05) is 25.3 Å². The fourth-order valence-corrected chi connectivity index (χ4v) is 2.34. The highest BCUT2D eigenvalue weighted by molar-refractivity contribution is 5.59. The van der Waals surface area contributed by atoms with Crippen LogP contribution in [-0.2, 0) is 6.54 Å². The quantitative estimate of drug-likeness (QED) is 0.804. The zero-order valence-corrected chi connectivity index (χ0v) is 12.2. The number of nitrogens with zero attached hydrogens (tertiary/aromatic N) is 2. The van der Waals surface area contributed by atoms with Gasteiger partial charge >= 0.3 is 0 Å². The maximum absolute atomic E-state index is 5.85. The predicted octanol–water partition coefficient (Wildman–Crippen LogP) is 2.23. The average Bonchev–Trinajstić information content (AvgIpc) is 2.34. The van der Waals surface area contributed by atoms with E-state index in [1.54, 1.807) is 0 Å². The molecule has 0 heterocycles. The van der Waals surface area contributed by atoms with E-state index in [4.69, 9.17) is 5.73 Å². The standard InChI is InChI=1S/C15H27N3/c1-5-18(11-7-10-17(3)4)15-13(2)8-6-9-14(15)12-16/h6,8-9H,5,7,10-12,16H2,1-4H3. The molecule has 0 radical (unpaired) electrons. The van der Waals surface area contributed by atoms with Crippen LogP contribution in [0, 0.1) is 6.92 Å². The molecule has 1 aromatic carbocycles. The van der Waals surface area contributed by atoms with Crippen LogP contribution in [0.5, 0.6) is 0 Å². The lowest BCUT2D eigenvalue weighted by Crippen LogP contribution is -2.28. The summed E-state index contributed by atoms with van der Waals surface area (Å²) in [6.07, 6.45) is 1.18. The molecule has 102 valence electrons. The molecule has 0 atom stereocenters. The molecule has 0 aromatic heterocycles. The van der Waals surface area contributed by atoms with Crippen LogP contribution in [0.2, 0.25) is 0 Å². The van der Waals surface area contributed by atoms with Crippen LogP contribution in [0.3, 0.4) is 0 Å². The fraction of sp³-hybridized carbons (Fsp3) is 0.600. The summed E-state index contributed by atoms with van der Waals surface area (Å²) in [6, 6.07) is 6.40. The van der Waals surface area contributed by atoms with Gasteiger partial charge in [-0.05, 0) is 52.0 Å². The second-order valence-electron chi connectivity index (χ2n) is 5.02. The maximum atomic E-state index is 5.85. The molecule has 3 heteroatoms. The average molecular weight is 249 g/mol. The Bertz CT molecular complexity index is 361. The molecule has 0 fully saturated rings. The van der Waals surface area contributed by atoms with Gasteiger partial charge in [-0.3, -0.25) is 0 Å². The van der Waals surface area contributed by atoms with Gasteiger partial charge in [-0.15, -0.1) is 0 Å². The topological polar surface area (TPSA) is 32.5 Å². The van der Waals surface area contributed by atoms with Crippen LogP contribution in [0.4, 0.5) is 5.69 Å². The molecule has 18 heavy (non-hydrogen) atoms. The molecule has 0 unspecified atom stereocenters. The van der Waals surface area contributed by atoms with Crippen molar-refractivity contribution >= 4 is 5.69 Å². The van der Waals surface area contributed by atoms with E-state index in [0.29, 0.717) is 6.54 Å². The summed E-state index contributed by atoms with van der Waals surface area (Å²) >= 11 is 0. The van der Waals surface area contributed by atoms with E-state index in [1.165, 1.54) is 23.2 Å². The smallest absolute Gasteiger partial charge is 0.0441 e. The van der Waals surface area contributed by atoms with Crippen LogP contribution in [0.25, 0.3) is 0 Å². The highest BCUT2D eigenvalue weighted by Gasteiger charge is 2.11. The van der Waals surface area contributed by atoms with Gasteiger partial charge in [0.1, 0.15) is 0 Å². The van der Waals surface area contributed by atoms with Crippen molar-refractivity contribution in [1.82, 2.24) is 4.90 Å². The van der Waals surface area contributed by atoms with Gasteiger partial charge in [-0.25, -0.2) is 0 Å². The Hall–Kier alpha value is -1.06. The number of nitrogens with two attached hydrogens (primary N) is 1. The van der Waals surface area contributed by atoms with Gasteiger partial charge < -0.3 is 15.5 Å². The van der Waals surface area contributed by atoms with Gasteiger partial charge in [0.2, 0.25) is 0 Å². The van der Waals surface area contributed by atoms with E-state index in [1.807, 2.05) is 0 Å². The molecule has 3 nitrogen and oxygen atoms in total. The first-order valence-corrected chi connectivity index (χ1v) is 6.78. The van der Waals surface area contributed by atoms with E-state index in [9.17, 15) is 0 Å². The summed E-state index contributed by atoms with van der Waals surface area (Å²) in [5, 5.41) is 0. The summed E-state index contributed by atoms with van der Waals surface area (Å²) < 4.78 is 0. The number of anilines is 1. The fourth-order valence-electron chi connectivity index (χ4n) is 2.34. The minimum atomic E-state index is 0.612. The van der Waals surface area contributed by atoms with E-state index in [0.717, 1.165) is 19.6 Å². The Morgan fingerprint density at radius 3 is 2.44 bits per heavy atom. The molecule has 0 saturated carbocycles. The van der Waals surface area contributed by atoms with E-state index < -0.39 is 0 Å². The van der Waals surface area contributed by atoms with Crippen LogP contribution >= 0.6 is 0 Å². The van der Waals surface area contributed by atoms with Crippen molar-refractivity contribution < 1.29 is 0 Å². The van der Waals surface area contributed by atoms with Gasteiger partial charge in [-0.2, -0.15) is 0 Å². The van der Waals surface area contributed by atoms with Crippen LogP contribution < -0.4 is 10.6 Å². The minimum absolute atomic E-state index is 0.612. The van der Waals surface area contributed by atoms with Crippen molar-refractivity contribution in [3.05, 3.63) is 29.3 Å². The third kappa shape index (κ3) is 4.00. The lowest BCUT2D eigenvalue weighted by molar-refractivity contribution is 0.400. The minimum Gasteiger partial charge on any atom is -0.371 e. The van der Waals surface area contributed by atoms with Crippen molar-refractivity contribution in [3.8, 4) is 0 Å². The van der Waals surface area contributed by atoms with Crippen LogP contribution in [-0.4, -0.2) is 38.6 Å².